The summed E-state index contributed by atoms with van der Waals surface area (Å²) < 4.78 is 0. The quantitative estimate of drug-likeness (QED) is 0.272. The fraction of sp³-hybridized carbons (Fsp3) is 0. The molecular weight excluding hydrogens is 446 g/mol. The zero-order valence-electron chi connectivity index (χ0n) is 17.8. The summed E-state index contributed by atoms with van der Waals surface area (Å²) in [5.74, 6) is 1.36. The molecule has 6 aromatic rings. The first kappa shape index (κ1) is 20.1. The van der Waals surface area contributed by atoms with E-state index in [-0.39, 0.29) is 0 Å². The van der Waals surface area contributed by atoms with Gasteiger partial charge in [-0.2, -0.15) is 5.10 Å². The van der Waals surface area contributed by atoms with Crippen LogP contribution in [0.3, 0.4) is 0 Å². The van der Waals surface area contributed by atoms with Crippen molar-refractivity contribution in [2.24, 2.45) is 0 Å². The molecule has 0 atom stereocenters. The van der Waals surface area contributed by atoms with E-state index in [1.54, 1.807) is 24.8 Å². The van der Waals surface area contributed by atoms with Gasteiger partial charge in [-0.3, -0.25) is 10.1 Å². The van der Waals surface area contributed by atoms with Crippen molar-refractivity contribution >= 4 is 34.0 Å². The van der Waals surface area contributed by atoms with Crippen molar-refractivity contribution in [3.8, 4) is 33.8 Å². The predicted octanol–water partition coefficient (Wildman–Crippen LogP) is 6.47. The van der Waals surface area contributed by atoms with Crippen LogP contribution in [0.5, 0.6) is 0 Å². The molecule has 0 spiro atoms. The van der Waals surface area contributed by atoms with E-state index >= 15 is 0 Å². The minimum absolute atomic E-state index is 0.606. The molecule has 0 unspecified atom stereocenters. The third kappa shape index (κ3) is 3.89. The van der Waals surface area contributed by atoms with E-state index < -0.39 is 0 Å². The molecule has 0 aliphatic heterocycles. The number of H-pyrrole nitrogens is 2. The van der Waals surface area contributed by atoms with Crippen molar-refractivity contribution in [1.29, 1.82) is 0 Å². The van der Waals surface area contributed by atoms with Crippen LogP contribution in [0.1, 0.15) is 0 Å². The molecule has 0 aliphatic carbocycles. The number of nitrogens with one attached hydrogen (secondary N) is 3. The second kappa shape index (κ2) is 8.46. The minimum Gasteiger partial charge on any atom is -0.354 e. The SMILES string of the molecule is Clc1cnccc1-c1cc2ccc(-c3nccc(Nc4ccc(-c5cn[nH]c5)cc4)n3)cc2[nH]1. The molecule has 0 saturated heterocycles. The number of fused-ring (bicyclic) bond motifs is 1. The third-order valence-corrected chi connectivity index (χ3v) is 5.89. The van der Waals surface area contributed by atoms with Crippen LogP contribution in [0.4, 0.5) is 11.5 Å². The predicted molar refractivity (Wildman–Crippen MR) is 135 cm³/mol. The summed E-state index contributed by atoms with van der Waals surface area (Å²) in [7, 11) is 0. The zero-order chi connectivity index (χ0) is 22.9. The normalized spacial score (nSPS) is 11.1. The molecule has 7 nitrogen and oxygen atoms in total. The molecule has 0 amide bonds. The Hall–Kier alpha value is -4.49. The Balaban J connectivity index is 1.27. The third-order valence-electron chi connectivity index (χ3n) is 5.59. The maximum atomic E-state index is 6.32. The Labute approximate surface area is 199 Å². The zero-order valence-corrected chi connectivity index (χ0v) is 18.6. The van der Waals surface area contributed by atoms with E-state index in [1.807, 2.05) is 54.7 Å². The number of benzene rings is 2. The van der Waals surface area contributed by atoms with Gasteiger partial charge in [0, 0.05) is 63.8 Å². The first-order chi connectivity index (χ1) is 16.7. The summed E-state index contributed by atoms with van der Waals surface area (Å²) in [5, 5.41) is 11.9. The monoisotopic (exact) mass is 463 g/mol. The van der Waals surface area contributed by atoms with Crippen molar-refractivity contribution in [3.05, 3.63) is 96.7 Å². The maximum Gasteiger partial charge on any atom is 0.161 e. The lowest BCUT2D eigenvalue weighted by Gasteiger charge is -2.08. The smallest absolute Gasteiger partial charge is 0.161 e. The van der Waals surface area contributed by atoms with Gasteiger partial charge < -0.3 is 10.3 Å². The summed E-state index contributed by atoms with van der Waals surface area (Å²) in [6.45, 7) is 0. The lowest BCUT2D eigenvalue weighted by molar-refractivity contribution is 1.09. The summed E-state index contributed by atoms with van der Waals surface area (Å²) in [5.41, 5.74) is 6.83. The second-order valence-corrected chi connectivity index (χ2v) is 8.20. The van der Waals surface area contributed by atoms with Gasteiger partial charge in [-0.05, 0) is 42.0 Å². The molecule has 3 N–H and O–H groups in total. The van der Waals surface area contributed by atoms with Crippen LogP contribution in [-0.4, -0.2) is 30.1 Å². The average molecular weight is 464 g/mol. The average Bonchev–Trinajstić information content (AvgIpc) is 3.55. The molecule has 4 heterocycles. The number of nitrogens with zero attached hydrogens (tertiary/aromatic N) is 4. The van der Waals surface area contributed by atoms with E-state index in [0.29, 0.717) is 10.8 Å². The van der Waals surface area contributed by atoms with Crippen LogP contribution < -0.4 is 5.32 Å². The van der Waals surface area contributed by atoms with Gasteiger partial charge in [-0.15, -0.1) is 0 Å². The van der Waals surface area contributed by atoms with Crippen molar-refractivity contribution in [2.45, 2.75) is 0 Å². The maximum absolute atomic E-state index is 6.32. The molecule has 0 aliphatic rings. The van der Waals surface area contributed by atoms with E-state index in [0.717, 1.165) is 50.4 Å². The van der Waals surface area contributed by atoms with Gasteiger partial charge in [0.2, 0.25) is 0 Å². The minimum atomic E-state index is 0.606. The van der Waals surface area contributed by atoms with Gasteiger partial charge in [0.25, 0.3) is 0 Å². The molecule has 0 bridgehead atoms. The molecule has 164 valence electrons. The highest BCUT2D eigenvalue weighted by atomic mass is 35.5. The van der Waals surface area contributed by atoms with E-state index in [4.69, 9.17) is 16.6 Å². The lowest BCUT2D eigenvalue weighted by Crippen LogP contribution is -1.96. The van der Waals surface area contributed by atoms with Crippen LogP contribution >= 0.6 is 11.6 Å². The standard InChI is InChI=1S/C26H18ClN7/c27-22-15-28-9-7-21(22)24-11-17-1-2-18(12-23(17)33-24)26-29-10-8-25(34-26)32-20-5-3-16(4-6-20)19-13-30-31-14-19/h1-15,33H,(H,30,31)(H,29,32,34). The van der Waals surface area contributed by atoms with Gasteiger partial charge in [0.05, 0.1) is 11.2 Å². The van der Waals surface area contributed by atoms with Crippen molar-refractivity contribution in [2.75, 3.05) is 5.32 Å². The Bertz CT molecular complexity index is 1590. The van der Waals surface area contributed by atoms with Crippen molar-refractivity contribution in [3.63, 3.8) is 0 Å². The molecule has 4 aromatic heterocycles. The van der Waals surface area contributed by atoms with Crippen LogP contribution in [0, 0.1) is 0 Å². The van der Waals surface area contributed by atoms with Gasteiger partial charge in [-0.25, -0.2) is 9.97 Å². The number of aromatic nitrogens is 6. The summed E-state index contributed by atoms with van der Waals surface area (Å²) in [6.07, 6.45) is 8.80. The Morgan fingerprint density at radius 2 is 1.71 bits per heavy atom. The molecule has 0 saturated carbocycles. The number of halogens is 1. The molecule has 0 radical (unpaired) electrons. The summed E-state index contributed by atoms with van der Waals surface area (Å²) in [4.78, 5) is 16.7. The topological polar surface area (TPSA) is 95.2 Å². The number of aromatic amines is 2. The van der Waals surface area contributed by atoms with E-state index in [1.165, 1.54) is 0 Å². The number of pyridine rings is 1. The highest BCUT2D eigenvalue weighted by Crippen LogP contribution is 2.31. The summed E-state index contributed by atoms with van der Waals surface area (Å²) >= 11 is 6.32. The Morgan fingerprint density at radius 1 is 0.824 bits per heavy atom. The van der Waals surface area contributed by atoms with Crippen molar-refractivity contribution in [1.82, 2.24) is 30.1 Å². The number of hydrogen-bond donors (Lipinski definition) is 3. The van der Waals surface area contributed by atoms with Gasteiger partial charge in [0.15, 0.2) is 5.82 Å². The molecular formula is C26H18ClN7. The number of rotatable bonds is 5. The first-order valence-corrected chi connectivity index (χ1v) is 11.0. The summed E-state index contributed by atoms with van der Waals surface area (Å²) in [6, 6.07) is 20.1. The van der Waals surface area contributed by atoms with Crippen LogP contribution in [0.2, 0.25) is 5.02 Å². The Morgan fingerprint density at radius 3 is 2.53 bits per heavy atom. The number of hydrogen-bond acceptors (Lipinski definition) is 5. The van der Waals surface area contributed by atoms with Crippen LogP contribution in [-0.2, 0) is 0 Å². The van der Waals surface area contributed by atoms with Gasteiger partial charge >= 0.3 is 0 Å². The molecule has 2 aromatic carbocycles. The second-order valence-electron chi connectivity index (χ2n) is 7.80. The fourth-order valence-electron chi connectivity index (χ4n) is 3.87. The van der Waals surface area contributed by atoms with E-state index in [9.17, 15) is 0 Å². The van der Waals surface area contributed by atoms with Gasteiger partial charge in [-0.1, -0.05) is 35.9 Å². The molecule has 0 fully saturated rings. The molecule has 34 heavy (non-hydrogen) atoms. The fourth-order valence-corrected chi connectivity index (χ4v) is 4.10. The number of anilines is 2. The van der Waals surface area contributed by atoms with Crippen LogP contribution in [0.25, 0.3) is 44.7 Å². The van der Waals surface area contributed by atoms with E-state index in [2.05, 4.69) is 42.6 Å². The highest BCUT2D eigenvalue weighted by Gasteiger charge is 2.10. The van der Waals surface area contributed by atoms with Crippen molar-refractivity contribution < 1.29 is 0 Å². The largest absolute Gasteiger partial charge is 0.354 e. The Kier molecular flexibility index (Phi) is 5.01. The molecule has 6 rings (SSSR count). The van der Waals surface area contributed by atoms with Gasteiger partial charge in [0.1, 0.15) is 5.82 Å². The van der Waals surface area contributed by atoms with Crippen LogP contribution in [0.15, 0.2) is 91.6 Å². The highest BCUT2D eigenvalue weighted by molar-refractivity contribution is 6.33. The first-order valence-electron chi connectivity index (χ1n) is 10.7. The molecule has 8 heteroatoms. The lowest BCUT2D eigenvalue weighted by atomic mass is 10.1.